The van der Waals surface area contributed by atoms with Gasteiger partial charge in [0.25, 0.3) is 5.91 Å². The van der Waals surface area contributed by atoms with Crippen LogP contribution in [0.1, 0.15) is 10.4 Å². The van der Waals surface area contributed by atoms with Gasteiger partial charge in [0.1, 0.15) is 5.82 Å². The molecule has 0 atom stereocenters. The number of hydrogen-bond donors (Lipinski definition) is 2. The number of methoxy groups -OCH3 is 1. The smallest absolute Gasteiger partial charge is 0.255 e. The van der Waals surface area contributed by atoms with Crippen LogP contribution in [0.3, 0.4) is 0 Å². The lowest BCUT2D eigenvalue weighted by Gasteiger charge is -2.05. The minimum atomic E-state index is -0.260. The Labute approximate surface area is 82.3 Å². The molecular formula is C9H12N3O2. The summed E-state index contributed by atoms with van der Waals surface area (Å²) in [6.45, 7) is 0.916. The van der Waals surface area contributed by atoms with Gasteiger partial charge >= 0.3 is 0 Å². The number of aromatic nitrogens is 1. The summed E-state index contributed by atoms with van der Waals surface area (Å²) in [6.07, 6.45) is 1.42. The van der Waals surface area contributed by atoms with E-state index < -0.39 is 0 Å². The Morgan fingerprint density at radius 1 is 1.79 bits per heavy atom. The highest BCUT2D eigenvalue weighted by molar-refractivity contribution is 5.98. The van der Waals surface area contributed by atoms with E-state index in [1.807, 2.05) is 0 Å². The van der Waals surface area contributed by atoms with Gasteiger partial charge in [-0.25, -0.2) is 4.98 Å². The van der Waals surface area contributed by atoms with Crippen molar-refractivity contribution in [3.8, 4) is 0 Å². The van der Waals surface area contributed by atoms with Crippen LogP contribution in [0.5, 0.6) is 0 Å². The highest BCUT2D eigenvalue weighted by Crippen LogP contribution is 2.05. The van der Waals surface area contributed by atoms with Crippen molar-refractivity contribution in [1.82, 2.24) is 10.3 Å². The van der Waals surface area contributed by atoms with Gasteiger partial charge in [0.15, 0.2) is 0 Å². The number of nitrogens with one attached hydrogen (secondary N) is 1. The third kappa shape index (κ3) is 2.70. The molecule has 0 spiro atoms. The van der Waals surface area contributed by atoms with Crippen molar-refractivity contribution in [3.05, 3.63) is 23.9 Å². The molecule has 75 valence electrons. The zero-order valence-corrected chi connectivity index (χ0v) is 7.91. The minimum absolute atomic E-state index is 0.207. The van der Waals surface area contributed by atoms with E-state index in [1.54, 1.807) is 7.11 Å². The Bertz CT molecular complexity index is 315. The van der Waals surface area contributed by atoms with Gasteiger partial charge in [0.05, 0.1) is 12.2 Å². The molecule has 0 fully saturated rings. The number of ether oxygens (including phenoxy) is 1. The first-order valence-corrected chi connectivity index (χ1v) is 4.14. The lowest BCUT2D eigenvalue weighted by molar-refractivity contribution is 0.0937. The molecule has 1 aromatic heterocycles. The molecule has 0 saturated carbocycles. The van der Waals surface area contributed by atoms with E-state index in [2.05, 4.69) is 16.4 Å². The molecule has 0 aromatic carbocycles. The lowest BCUT2D eigenvalue weighted by atomic mass is 10.2. The predicted molar refractivity (Wildman–Crippen MR) is 51.7 cm³/mol. The molecule has 0 saturated heterocycles. The molecule has 1 radical (unpaired) electrons. The molecular weight excluding hydrogens is 182 g/mol. The van der Waals surface area contributed by atoms with Gasteiger partial charge in [0.2, 0.25) is 0 Å². The molecule has 5 heteroatoms. The third-order valence-corrected chi connectivity index (χ3v) is 1.62. The Hall–Kier alpha value is -1.62. The summed E-state index contributed by atoms with van der Waals surface area (Å²) in [4.78, 5) is 15.2. The molecule has 1 rings (SSSR count). The fourth-order valence-electron chi connectivity index (χ4n) is 0.915. The Morgan fingerprint density at radius 3 is 3.21 bits per heavy atom. The van der Waals surface area contributed by atoms with E-state index >= 15 is 0 Å². The summed E-state index contributed by atoms with van der Waals surface area (Å²) in [5, 5.41) is 2.64. The van der Waals surface area contributed by atoms with Crippen LogP contribution in [0.25, 0.3) is 0 Å². The van der Waals surface area contributed by atoms with Gasteiger partial charge in [-0.15, -0.1) is 0 Å². The molecule has 1 aromatic rings. The number of nitrogens with zero attached hydrogens (tertiary/aromatic N) is 1. The molecule has 0 aliphatic heterocycles. The van der Waals surface area contributed by atoms with E-state index in [-0.39, 0.29) is 11.7 Å². The first kappa shape index (κ1) is 10.5. The van der Waals surface area contributed by atoms with Crippen LogP contribution in [0.15, 0.2) is 12.3 Å². The van der Waals surface area contributed by atoms with Crippen LogP contribution in [-0.4, -0.2) is 31.2 Å². The zero-order valence-electron chi connectivity index (χ0n) is 7.91. The van der Waals surface area contributed by atoms with E-state index in [0.717, 1.165) is 0 Å². The van der Waals surface area contributed by atoms with Crippen LogP contribution in [0.2, 0.25) is 0 Å². The molecule has 0 aliphatic carbocycles. The number of carbonyl (C=O) groups excluding carboxylic acids is 1. The summed E-state index contributed by atoms with van der Waals surface area (Å²) in [6, 6.07) is 4.19. The van der Waals surface area contributed by atoms with Crippen LogP contribution in [0.4, 0.5) is 5.82 Å². The maximum Gasteiger partial charge on any atom is 0.255 e. The minimum Gasteiger partial charge on any atom is -0.383 e. The van der Waals surface area contributed by atoms with Gasteiger partial charge < -0.3 is 15.8 Å². The van der Waals surface area contributed by atoms with E-state index in [4.69, 9.17) is 10.5 Å². The summed E-state index contributed by atoms with van der Waals surface area (Å²) < 4.78 is 4.79. The molecule has 0 bridgehead atoms. The maximum absolute atomic E-state index is 11.4. The molecule has 14 heavy (non-hydrogen) atoms. The van der Waals surface area contributed by atoms with Crippen molar-refractivity contribution in [2.24, 2.45) is 0 Å². The second-order valence-electron chi connectivity index (χ2n) is 2.62. The number of anilines is 1. The van der Waals surface area contributed by atoms with E-state index in [1.165, 1.54) is 12.3 Å². The van der Waals surface area contributed by atoms with Crippen LogP contribution >= 0.6 is 0 Å². The summed E-state index contributed by atoms with van der Waals surface area (Å²) >= 11 is 0. The SMILES string of the molecule is COCCNC(=O)c1c[c]cnc1N. The van der Waals surface area contributed by atoms with Gasteiger partial charge in [0, 0.05) is 25.9 Å². The van der Waals surface area contributed by atoms with Gasteiger partial charge in [-0.1, -0.05) is 0 Å². The Kier molecular flexibility index (Phi) is 3.87. The topological polar surface area (TPSA) is 77.2 Å². The Morgan fingerprint density at radius 2 is 2.57 bits per heavy atom. The highest BCUT2D eigenvalue weighted by Gasteiger charge is 2.08. The van der Waals surface area contributed by atoms with Crippen molar-refractivity contribution >= 4 is 11.7 Å². The summed E-state index contributed by atoms with van der Waals surface area (Å²) in [5.41, 5.74) is 5.84. The molecule has 5 nitrogen and oxygen atoms in total. The van der Waals surface area contributed by atoms with E-state index in [0.29, 0.717) is 18.7 Å². The molecule has 0 aliphatic rings. The zero-order chi connectivity index (χ0) is 10.4. The second-order valence-corrected chi connectivity index (χ2v) is 2.62. The number of amides is 1. The van der Waals surface area contributed by atoms with Gasteiger partial charge in [-0.2, -0.15) is 0 Å². The Balaban J connectivity index is 2.56. The van der Waals surface area contributed by atoms with Crippen molar-refractivity contribution in [2.75, 3.05) is 26.0 Å². The normalized spacial score (nSPS) is 9.79. The number of pyridine rings is 1. The second kappa shape index (κ2) is 5.18. The molecule has 3 N–H and O–H groups in total. The standard InChI is InChI=1S/C9H12N3O2/c1-14-6-5-12-9(13)7-3-2-4-11-8(7)10/h3-4H,5-6H2,1H3,(H2,10,11)(H,12,13). The monoisotopic (exact) mass is 194 g/mol. The average Bonchev–Trinajstić information content (AvgIpc) is 2.18. The number of nitrogens with two attached hydrogens (primary N) is 1. The molecule has 0 unspecified atom stereocenters. The summed E-state index contributed by atoms with van der Waals surface area (Å²) in [7, 11) is 1.57. The number of nitrogen functional groups attached to an aromatic ring is 1. The van der Waals surface area contributed by atoms with Crippen molar-refractivity contribution in [3.63, 3.8) is 0 Å². The van der Waals surface area contributed by atoms with Crippen LogP contribution in [0, 0.1) is 6.07 Å². The lowest BCUT2D eigenvalue weighted by Crippen LogP contribution is -2.27. The molecule has 1 heterocycles. The number of rotatable bonds is 4. The van der Waals surface area contributed by atoms with Gasteiger partial charge in [-0.05, 0) is 6.07 Å². The van der Waals surface area contributed by atoms with Crippen molar-refractivity contribution in [2.45, 2.75) is 0 Å². The first-order valence-electron chi connectivity index (χ1n) is 4.14. The average molecular weight is 194 g/mol. The van der Waals surface area contributed by atoms with Crippen LogP contribution in [-0.2, 0) is 4.74 Å². The van der Waals surface area contributed by atoms with Crippen molar-refractivity contribution in [1.29, 1.82) is 0 Å². The highest BCUT2D eigenvalue weighted by atomic mass is 16.5. The quantitative estimate of drug-likeness (QED) is 0.653. The largest absolute Gasteiger partial charge is 0.383 e. The number of carbonyl (C=O) groups is 1. The fourth-order valence-corrected chi connectivity index (χ4v) is 0.915. The number of hydrogen-bond acceptors (Lipinski definition) is 4. The molecule has 1 amide bonds. The van der Waals surface area contributed by atoms with Gasteiger partial charge in [-0.3, -0.25) is 4.79 Å². The fraction of sp³-hybridized carbons (Fsp3) is 0.333. The third-order valence-electron chi connectivity index (χ3n) is 1.62. The van der Waals surface area contributed by atoms with Crippen molar-refractivity contribution < 1.29 is 9.53 Å². The van der Waals surface area contributed by atoms with Crippen LogP contribution < -0.4 is 11.1 Å². The first-order chi connectivity index (χ1) is 6.75. The predicted octanol–water partition coefficient (Wildman–Crippen LogP) is -0.160. The summed E-state index contributed by atoms with van der Waals surface area (Å²) in [5.74, 6) is -0.0532. The maximum atomic E-state index is 11.4. The van der Waals surface area contributed by atoms with E-state index in [9.17, 15) is 4.79 Å².